The highest BCUT2D eigenvalue weighted by Crippen LogP contribution is 2.35. The van der Waals surface area contributed by atoms with Crippen LogP contribution < -0.4 is 20.4 Å². The predicted molar refractivity (Wildman–Crippen MR) is 129 cm³/mol. The number of likely N-dealkylation sites (N-methyl/N-ethyl adjacent to an activating group) is 1. The zero-order valence-electron chi connectivity index (χ0n) is 17.7. The Morgan fingerprint density at radius 3 is 2.68 bits per heavy atom. The second-order valence-electron chi connectivity index (χ2n) is 8.16. The third-order valence-electron chi connectivity index (χ3n) is 5.95. The molecule has 1 aliphatic carbocycles. The standard InChI is InChI=1S/C25H27N5O/c1-29-13-14-30(17-18-5-3-2-4-6-18)24-16-21(9-10-23(24)29)28-25(31)27-20-8-7-19-11-12-26-22(19)15-20/h3,5-12,15-16,26H,2,4,13-14,17H2,1H3,(H2,27,28,31). The summed E-state index contributed by atoms with van der Waals surface area (Å²) < 4.78 is 0. The van der Waals surface area contributed by atoms with Gasteiger partial charge in [0.25, 0.3) is 0 Å². The van der Waals surface area contributed by atoms with Crippen molar-refractivity contribution in [1.29, 1.82) is 0 Å². The van der Waals surface area contributed by atoms with Crippen molar-refractivity contribution in [2.24, 2.45) is 0 Å². The van der Waals surface area contributed by atoms with E-state index in [1.165, 1.54) is 11.3 Å². The van der Waals surface area contributed by atoms with Crippen LogP contribution in [0.3, 0.4) is 0 Å². The zero-order valence-corrected chi connectivity index (χ0v) is 17.7. The number of carbonyl (C=O) groups is 1. The number of H-pyrrole nitrogens is 1. The molecule has 1 aromatic heterocycles. The summed E-state index contributed by atoms with van der Waals surface area (Å²) in [4.78, 5) is 20.5. The number of rotatable bonds is 4. The van der Waals surface area contributed by atoms with Gasteiger partial charge in [-0.2, -0.15) is 0 Å². The monoisotopic (exact) mass is 413 g/mol. The Labute approximate surface area is 182 Å². The Morgan fingerprint density at radius 1 is 1.00 bits per heavy atom. The average molecular weight is 414 g/mol. The molecule has 2 heterocycles. The third kappa shape index (κ3) is 4.14. The fourth-order valence-electron chi connectivity index (χ4n) is 4.28. The topological polar surface area (TPSA) is 63.4 Å². The molecule has 0 atom stereocenters. The van der Waals surface area contributed by atoms with E-state index in [0.717, 1.165) is 60.4 Å². The minimum absolute atomic E-state index is 0.250. The Balaban J connectivity index is 1.32. The van der Waals surface area contributed by atoms with E-state index in [1.807, 2.05) is 36.5 Å². The first kappa shape index (κ1) is 19.3. The normalized spacial score (nSPS) is 15.6. The Bertz CT molecular complexity index is 1180. The molecular weight excluding hydrogens is 386 g/mol. The number of aromatic nitrogens is 1. The molecule has 31 heavy (non-hydrogen) atoms. The molecule has 0 bridgehead atoms. The molecule has 0 fully saturated rings. The lowest BCUT2D eigenvalue weighted by molar-refractivity contribution is 0.262. The Morgan fingerprint density at radius 2 is 1.84 bits per heavy atom. The molecule has 6 heteroatoms. The molecular formula is C25H27N5O. The van der Waals surface area contributed by atoms with Crippen molar-refractivity contribution in [3.05, 3.63) is 72.5 Å². The number of carbonyl (C=O) groups excluding carboxylic acids is 1. The molecule has 0 unspecified atom stereocenters. The van der Waals surface area contributed by atoms with Gasteiger partial charge in [0.2, 0.25) is 0 Å². The fraction of sp³-hybridized carbons (Fsp3) is 0.240. The van der Waals surface area contributed by atoms with Gasteiger partial charge in [0.05, 0.1) is 11.4 Å². The number of nitrogens with one attached hydrogen (secondary N) is 3. The molecule has 3 N–H and O–H groups in total. The molecule has 0 radical (unpaired) electrons. The fourth-order valence-corrected chi connectivity index (χ4v) is 4.28. The first-order chi connectivity index (χ1) is 15.2. The summed E-state index contributed by atoms with van der Waals surface area (Å²) in [5.41, 5.74) is 6.23. The van der Waals surface area contributed by atoms with E-state index in [-0.39, 0.29) is 6.03 Å². The zero-order chi connectivity index (χ0) is 21.2. The van der Waals surface area contributed by atoms with Crippen LogP contribution in [-0.4, -0.2) is 37.7 Å². The van der Waals surface area contributed by atoms with Crippen molar-refractivity contribution >= 4 is 39.7 Å². The highest BCUT2D eigenvalue weighted by Gasteiger charge is 2.21. The molecule has 2 aromatic carbocycles. The van der Waals surface area contributed by atoms with Crippen molar-refractivity contribution in [1.82, 2.24) is 4.98 Å². The number of urea groups is 1. The van der Waals surface area contributed by atoms with Crippen LogP contribution in [0.1, 0.15) is 12.8 Å². The van der Waals surface area contributed by atoms with Gasteiger partial charge in [-0.05, 0) is 60.2 Å². The molecule has 0 saturated carbocycles. The second kappa shape index (κ2) is 8.22. The Hall–Kier alpha value is -3.67. The molecule has 2 amide bonds. The number of aromatic amines is 1. The second-order valence-corrected chi connectivity index (χ2v) is 8.16. The average Bonchev–Trinajstić information content (AvgIpc) is 3.24. The van der Waals surface area contributed by atoms with Gasteiger partial charge in [0.15, 0.2) is 0 Å². The van der Waals surface area contributed by atoms with Crippen molar-refractivity contribution in [3.8, 4) is 0 Å². The Kier molecular flexibility index (Phi) is 5.12. The molecule has 2 aliphatic rings. The number of hydrogen-bond acceptors (Lipinski definition) is 3. The molecule has 3 aromatic rings. The van der Waals surface area contributed by atoms with Crippen LogP contribution in [0, 0.1) is 0 Å². The van der Waals surface area contributed by atoms with Gasteiger partial charge >= 0.3 is 6.03 Å². The number of hydrogen-bond donors (Lipinski definition) is 3. The lowest BCUT2D eigenvalue weighted by Gasteiger charge is -2.37. The van der Waals surface area contributed by atoms with Crippen LogP contribution >= 0.6 is 0 Å². The van der Waals surface area contributed by atoms with Gasteiger partial charge in [-0.15, -0.1) is 0 Å². The summed E-state index contributed by atoms with van der Waals surface area (Å²) in [6.45, 7) is 2.84. The third-order valence-corrected chi connectivity index (χ3v) is 5.95. The summed E-state index contributed by atoms with van der Waals surface area (Å²) >= 11 is 0. The van der Waals surface area contributed by atoms with Crippen molar-refractivity contribution in [2.45, 2.75) is 12.8 Å². The molecule has 5 rings (SSSR count). The predicted octanol–water partition coefficient (Wildman–Crippen LogP) is 5.34. The quantitative estimate of drug-likeness (QED) is 0.541. The van der Waals surface area contributed by atoms with Crippen LogP contribution in [0.25, 0.3) is 10.9 Å². The van der Waals surface area contributed by atoms with E-state index >= 15 is 0 Å². The summed E-state index contributed by atoms with van der Waals surface area (Å²) in [5, 5.41) is 7.03. The maximum atomic E-state index is 12.6. The maximum absolute atomic E-state index is 12.6. The van der Waals surface area contributed by atoms with Gasteiger partial charge in [-0.3, -0.25) is 0 Å². The van der Waals surface area contributed by atoms with Crippen molar-refractivity contribution in [3.63, 3.8) is 0 Å². The number of nitrogens with zero attached hydrogens (tertiary/aromatic N) is 2. The number of anilines is 4. The van der Waals surface area contributed by atoms with Crippen molar-refractivity contribution < 1.29 is 4.79 Å². The first-order valence-electron chi connectivity index (χ1n) is 10.8. The van der Waals surface area contributed by atoms with Gasteiger partial charge in [-0.25, -0.2) is 4.79 Å². The van der Waals surface area contributed by atoms with Crippen molar-refractivity contribution in [2.75, 3.05) is 47.1 Å². The van der Waals surface area contributed by atoms with E-state index in [1.54, 1.807) is 0 Å². The maximum Gasteiger partial charge on any atom is 0.323 e. The molecule has 158 valence electrons. The van der Waals surface area contributed by atoms with Crippen LogP contribution in [0.5, 0.6) is 0 Å². The lowest BCUT2D eigenvalue weighted by atomic mass is 10.1. The lowest BCUT2D eigenvalue weighted by Crippen LogP contribution is -2.40. The number of benzene rings is 2. The SMILES string of the molecule is CN1CCN(CC2=CCCC=C2)c2cc(NC(=O)Nc3ccc4cc[nH]c4c3)ccc21. The highest BCUT2D eigenvalue weighted by atomic mass is 16.2. The van der Waals surface area contributed by atoms with Gasteiger partial charge in [0, 0.05) is 49.8 Å². The van der Waals surface area contributed by atoms with E-state index in [9.17, 15) is 4.79 Å². The molecule has 1 aliphatic heterocycles. The summed E-state index contributed by atoms with van der Waals surface area (Å²) in [6, 6.07) is 13.7. The first-order valence-corrected chi connectivity index (χ1v) is 10.8. The van der Waals surface area contributed by atoms with Gasteiger partial charge in [-0.1, -0.05) is 24.3 Å². The van der Waals surface area contributed by atoms with E-state index < -0.39 is 0 Å². The van der Waals surface area contributed by atoms with Crippen LogP contribution in [-0.2, 0) is 0 Å². The highest BCUT2D eigenvalue weighted by molar-refractivity contribution is 6.01. The van der Waals surface area contributed by atoms with Crippen LogP contribution in [0.2, 0.25) is 0 Å². The van der Waals surface area contributed by atoms with Gasteiger partial charge < -0.3 is 25.4 Å². The van der Waals surface area contributed by atoms with Crippen LogP contribution in [0.15, 0.2) is 72.5 Å². The molecule has 6 nitrogen and oxygen atoms in total. The number of fused-ring (bicyclic) bond motifs is 2. The molecule has 0 spiro atoms. The van der Waals surface area contributed by atoms with E-state index in [2.05, 4.69) is 62.8 Å². The minimum atomic E-state index is -0.250. The van der Waals surface area contributed by atoms with E-state index in [4.69, 9.17) is 0 Å². The molecule has 0 saturated heterocycles. The van der Waals surface area contributed by atoms with E-state index in [0.29, 0.717) is 0 Å². The number of amides is 2. The smallest absolute Gasteiger partial charge is 0.323 e. The largest absolute Gasteiger partial charge is 0.371 e. The van der Waals surface area contributed by atoms with Crippen LogP contribution in [0.4, 0.5) is 27.5 Å². The number of allylic oxidation sites excluding steroid dienone is 2. The minimum Gasteiger partial charge on any atom is -0.371 e. The summed E-state index contributed by atoms with van der Waals surface area (Å²) in [5.74, 6) is 0. The summed E-state index contributed by atoms with van der Waals surface area (Å²) in [6.07, 6.45) is 10.9. The summed E-state index contributed by atoms with van der Waals surface area (Å²) in [7, 11) is 2.12. The van der Waals surface area contributed by atoms with Gasteiger partial charge in [0.1, 0.15) is 0 Å².